The first-order valence-electron chi connectivity index (χ1n) is 7.52. The van der Waals surface area contributed by atoms with Gasteiger partial charge in [0.1, 0.15) is 5.69 Å². The molecule has 2 atom stereocenters. The van der Waals surface area contributed by atoms with Gasteiger partial charge in [0.15, 0.2) is 5.78 Å². The maximum Gasteiger partial charge on any atom is 0.186 e. The lowest BCUT2D eigenvalue weighted by atomic mass is 9.79. The highest BCUT2D eigenvalue weighted by Crippen LogP contribution is 2.45. The van der Waals surface area contributed by atoms with E-state index >= 15 is 0 Å². The smallest absolute Gasteiger partial charge is 0.186 e. The van der Waals surface area contributed by atoms with Gasteiger partial charge in [-0.1, -0.05) is 24.3 Å². The third kappa shape index (κ3) is 1.40. The standard InChI is InChI=1S/C17H14N4O/c22-17-13(6-5-10-7-19-20-15(10)17)16-12-4-2-1-3-11(12)14-8-18-9-21(14)16/h1-4,7-9,13,16H,5-6H2,(H,19,20). The van der Waals surface area contributed by atoms with Crippen LogP contribution in [0.3, 0.4) is 0 Å². The number of H-pyrrole nitrogens is 1. The zero-order chi connectivity index (χ0) is 14.7. The van der Waals surface area contributed by atoms with Crippen LogP contribution in [0.2, 0.25) is 0 Å². The van der Waals surface area contributed by atoms with Crippen molar-refractivity contribution in [1.29, 1.82) is 0 Å². The summed E-state index contributed by atoms with van der Waals surface area (Å²) in [6.45, 7) is 0. The van der Waals surface area contributed by atoms with Crippen molar-refractivity contribution in [2.45, 2.75) is 18.9 Å². The summed E-state index contributed by atoms with van der Waals surface area (Å²) in [6, 6.07) is 8.35. The number of carbonyl (C=O) groups excluding carboxylic acids is 1. The lowest BCUT2D eigenvalue weighted by molar-refractivity contribution is 0.0866. The van der Waals surface area contributed by atoms with Crippen LogP contribution in [-0.4, -0.2) is 25.5 Å². The lowest BCUT2D eigenvalue weighted by Gasteiger charge is -2.27. The Morgan fingerprint density at radius 2 is 2.14 bits per heavy atom. The largest absolute Gasteiger partial charge is 0.322 e. The molecule has 2 unspecified atom stereocenters. The van der Waals surface area contributed by atoms with Crippen molar-refractivity contribution in [3.05, 3.63) is 59.8 Å². The van der Waals surface area contributed by atoms with Crippen molar-refractivity contribution in [2.75, 3.05) is 0 Å². The summed E-state index contributed by atoms with van der Waals surface area (Å²) < 4.78 is 2.15. The van der Waals surface area contributed by atoms with Gasteiger partial charge in [0.2, 0.25) is 0 Å². The number of ketones is 1. The molecule has 0 radical (unpaired) electrons. The van der Waals surface area contributed by atoms with Crippen molar-refractivity contribution in [3.8, 4) is 11.3 Å². The summed E-state index contributed by atoms with van der Waals surface area (Å²) in [7, 11) is 0. The predicted molar refractivity (Wildman–Crippen MR) is 80.5 cm³/mol. The van der Waals surface area contributed by atoms with Crippen LogP contribution in [0.5, 0.6) is 0 Å². The van der Waals surface area contributed by atoms with Crippen molar-refractivity contribution >= 4 is 5.78 Å². The Labute approximate surface area is 127 Å². The molecule has 108 valence electrons. The van der Waals surface area contributed by atoms with Gasteiger partial charge in [0.05, 0.1) is 30.5 Å². The van der Waals surface area contributed by atoms with Gasteiger partial charge in [0, 0.05) is 17.0 Å². The molecule has 5 rings (SSSR count). The van der Waals surface area contributed by atoms with E-state index in [9.17, 15) is 4.79 Å². The Kier molecular flexibility index (Phi) is 2.25. The fourth-order valence-electron chi connectivity index (χ4n) is 3.93. The van der Waals surface area contributed by atoms with Crippen LogP contribution in [0.15, 0.2) is 43.0 Å². The van der Waals surface area contributed by atoms with Gasteiger partial charge in [-0.2, -0.15) is 5.10 Å². The number of aryl methyl sites for hydroxylation is 1. The number of aromatic nitrogens is 4. The number of imidazole rings is 1. The van der Waals surface area contributed by atoms with Gasteiger partial charge in [0.25, 0.3) is 0 Å². The number of hydrogen-bond acceptors (Lipinski definition) is 3. The first-order chi connectivity index (χ1) is 10.8. The molecule has 0 fully saturated rings. The van der Waals surface area contributed by atoms with Crippen LogP contribution < -0.4 is 0 Å². The molecule has 22 heavy (non-hydrogen) atoms. The van der Waals surface area contributed by atoms with Gasteiger partial charge in [-0.05, 0) is 18.4 Å². The molecule has 2 aliphatic rings. The number of carbonyl (C=O) groups is 1. The SMILES string of the molecule is O=C1c2[nH]ncc2CCC1C1c2ccccc2-c2cncn21. The Bertz CT molecular complexity index is 891. The van der Waals surface area contributed by atoms with Crippen LogP contribution in [0, 0.1) is 5.92 Å². The molecule has 3 heterocycles. The topological polar surface area (TPSA) is 63.6 Å². The lowest BCUT2D eigenvalue weighted by Crippen LogP contribution is -2.30. The molecular formula is C17H14N4O. The van der Waals surface area contributed by atoms with E-state index in [1.165, 1.54) is 11.1 Å². The monoisotopic (exact) mass is 290 g/mol. The summed E-state index contributed by atoms with van der Waals surface area (Å²) in [5.41, 5.74) is 5.24. The van der Waals surface area contributed by atoms with Gasteiger partial charge >= 0.3 is 0 Å². The van der Waals surface area contributed by atoms with E-state index in [0.717, 1.165) is 24.1 Å². The van der Waals surface area contributed by atoms with Gasteiger partial charge in [-0.3, -0.25) is 9.89 Å². The van der Waals surface area contributed by atoms with E-state index in [1.54, 1.807) is 6.20 Å². The average molecular weight is 290 g/mol. The second-order valence-electron chi connectivity index (χ2n) is 6.00. The molecule has 1 N–H and O–H groups in total. The van der Waals surface area contributed by atoms with E-state index in [1.807, 2.05) is 24.7 Å². The van der Waals surface area contributed by atoms with Gasteiger partial charge in [-0.15, -0.1) is 0 Å². The fourth-order valence-corrected chi connectivity index (χ4v) is 3.93. The molecule has 1 aliphatic heterocycles. The quantitative estimate of drug-likeness (QED) is 0.749. The second-order valence-corrected chi connectivity index (χ2v) is 6.00. The van der Waals surface area contributed by atoms with E-state index in [0.29, 0.717) is 5.69 Å². The Balaban J connectivity index is 1.66. The van der Waals surface area contributed by atoms with Crippen LogP contribution in [0.4, 0.5) is 0 Å². The van der Waals surface area contributed by atoms with Gasteiger partial charge < -0.3 is 4.57 Å². The number of Topliss-reactive ketones (excluding diaryl/α,β-unsaturated/α-hetero) is 1. The van der Waals surface area contributed by atoms with Crippen LogP contribution in [0.25, 0.3) is 11.3 Å². The first-order valence-corrected chi connectivity index (χ1v) is 7.52. The molecule has 0 amide bonds. The molecule has 0 bridgehead atoms. The maximum absolute atomic E-state index is 12.9. The highest BCUT2D eigenvalue weighted by Gasteiger charge is 2.40. The zero-order valence-electron chi connectivity index (χ0n) is 11.9. The normalized spacial score (nSPS) is 22.3. The molecule has 2 aromatic heterocycles. The second kappa shape index (κ2) is 4.16. The van der Waals surface area contributed by atoms with Crippen LogP contribution in [0.1, 0.15) is 34.1 Å². The van der Waals surface area contributed by atoms with E-state index in [-0.39, 0.29) is 17.7 Å². The van der Waals surface area contributed by atoms with Crippen molar-refractivity contribution < 1.29 is 4.79 Å². The molecule has 0 saturated heterocycles. The fraction of sp³-hybridized carbons (Fsp3) is 0.235. The van der Waals surface area contributed by atoms with Crippen LogP contribution >= 0.6 is 0 Å². The first kappa shape index (κ1) is 11.9. The molecule has 0 spiro atoms. The third-order valence-corrected chi connectivity index (χ3v) is 4.93. The number of aromatic amines is 1. The molecular weight excluding hydrogens is 276 g/mol. The number of hydrogen-bond donors (Lipinski definition) is 1. The average Bonchev–Trinajstić information content (AvgIpc) is 3.23. The van der Waals surface area contributed by atoms with Crippen molar-refractivity contribution in [1.82, 2.24) is 19.7 Å². The molecule has 1 aliphatic carbocycles. The van der Waals surface area contributed by atoms with E-state index in [4.69, 9.17) is 0 Å². The minimum atomic E-state index is -0.0652. The third-order valence-electron chi connectivity index (χ3n) is 4.93. The van der Waals surface area contributed by atoms with E-state index < -0.39 is 0 Å². The summed E-state index contributed by atoms with van der Waals surface area (Å²) in [5, 5.41) is 6.91. The summed E-state index contributed by atoms with van der Waals surface area (Å²) in [6.07, 6.45) is 7.24. The zero-order valence-corrected chi connectivity index (χ0v) is 11.9. The number of benzene rings is 1. The maximum atomic E-state index is 12.9. The highest BCUT2D eigenvalue weighted by molar-refractivity contribution is 5.99. The number of fused-ring (bicyclic) bond motifs is 4. The minimum absolute atomic E-state index is 0.0395. The van der Waals surface area contributed by atoms with Crippen molar-refractivity contribution in [2.24, 2.45) is 5.92 Å². The van der Waals surface area contributed by atoms with E-state index in [2.05, 4.69) is 31.9 Å². The predicted octanol–water partition coefficient (Wildman–Crippen LogP) is 2.62. The molecule has 3 aromatic rings. The number of rotatable bonds is 1. The molecule has 5 nitrogen and oxygen atoms in total. The Morgan fingerprint density at radius 3 is 3.09 bits per heavy atom. The molecule has 1 aromatic carbocycles. The minimum Gasteiger partial charge on any atom is -0.322 e. The molecule has 0 saturated carbocycles. The summed E-state index contributed by atoms with van der Waals surface area (Å²) in [5.74, 6) is 0.102. The van der Waals surface area contributed by atoms with Crippen LogP contribution in [-0.2, 0) is 6.42 Å². The Morgan fingerprint density at radius 1 is 1.23 bits per heavy atom. The highest BCUT2D eigenvalue weighted by atomic mass is 16.1. The Hall–Kier alpha value is -2.69. The number of nitrogens with zero attached hydrogens (tertiary/aromatic N) is 3. The summed E-state index contributed by atoms with van der Waals surface area (Å²) >= 11 is 0. The van der Waals surface area contributed by atoms with Gasteiger partial charge in [-0.25, -0.2) is 4.98 Å². The number of nitrogens with one attached hydrogen (secondary N) is 1. The summed E-state index contributed by atoms with van der Waals surface area (Å²) in [4.78, 5) is 17.2. The molecule has 5 heteroatoms. The van der Waals surface area contributed by atoms with Crippen molar-refractivity contribution in [3.63, 3.8) is 0 Å².